The average molecular weight is 318 g/mol. The molecule has 2 aromatic carbocycles. The van der Waals surface area contributed by atoms with Gasteiger partial charge in [0.2, 0.25) is 10.0 Å². The molecule has 0 saturated heterocycles. The normalized spacial score (nSPS) is 11.0. The summed E-state index contributed by atoms with van der Waals surface area (Å²) in [7, 11) is -1.90. The predicted molar refractivity (Wildman–Crippen MR) is 87.3 cm³/mol. The number of anilines is 1. The Morgan fingerprint density at radius 3 is 2.41 bits per heavy atom. The molecule has 6 heteroatoms. The Balaban J connectivity index is 2.11. The highest BCUT2D eigenvalue weighted by atomic mass is 32.2. The first kappa shape index (κ1) is 16.0. The van der Waals surface area contributed by atoms with Gasteiger partial charge in [-0.3, -0.25) is 9.10 Å². The van der Waals surface area contributed by atoms with Crippen molar-refractivity contribution in [3.63, 3.8) is 0 Å². The maximum Gasteiger partial charge on any atom is 0.251 e. The number of benzene rings is 2. The van der Waals surface area contributed by atoms with E-state index in [1.807, 2.05) is 30.3 Å². The van der Waals surface area contributed by atoms with Crippen LogP contribution in [0.25, 0.3) is 0 Å². The van der Waals surface area contributed by atoms with Gasteiger partial charge in [-0.15, -0.1) is 0 Å². The predicted octanol–water partition coefficient (Wildman–Crippen LogP) is 2.01. The highest BCUT2D eigenvalue weighted by molar-refractivity contribution is 7.92. The smallest absolute Gasteiger partial charge is 0.251 e. The Bertz CT molecular complexity index is 758. The molecule has 0 saturated carbocycles. The number of nitrogens with one attached hydrogen (secondary N) is 1. The Morgan fingerprint density at radius 2 is 1.77 bits per heavy atom. The molecular formula is C16H18N2O3S. The SMILES string of the molecule is CN(c1cccc(C(=O)NCc2ccccc2)c1)S(C)(=O)=O. The molecule has 0 aliphatic carbocycles. The Hall–Kier alpha value is -2.34. The van der Waals surface area contributed by atoms with Gasteiger partial charge in [-0.1, -0.05) is 36.4 Å². The second kappa shape index (κ2) is 6.62. The van der Waals surface area contributed by atoms with Crippen LogP contribution in [-0.4, -0.2) is 27.6 Å². The van der Waals surface area contributed by atoms with Crippen molar-refractivity contribution in [1.29, 1.82) is 0 Å². The zero-order chi connectivity index (χ0) is 16.2. The van der Waals surface area contributed by atoms with Crippen LogP contribution in [0.4, 0.5) is 5.69 Å². The van der Waals surface area contributed by atoms with Gasteiger partial charge >= 0.3 is 0 Å². The zero-order valence-electron chi connectivity index (χ0n) is 12.5. The number of hydrogen-bond donors (Lipinski definition) is 1. The highest BCUT2D eigenvalue weighted by Crippen LogP contribution is 2.17. The number of hydrogen-bond acceptors (Lipinski definition) is 3. The molecule has 116 valence electrons. The second-order valence-electron chi connectivity index (χ2n) is 4.95. The van der Waals surface area contributed by atoms with Crippen molar-refractivity contribution < 1.29 is 13.2 Å². The Kier molecular flexibility index (Phi) is 4.82. The molecule has 0 heterocycles. The van der Waals surface area contributed by atoms with Crippen LogP contribution in [0.5, 0.6) is 0 Å². The summed E-state index contributed by atoms with van der Waals surface area (Å²) < 4.78 is 24.2. The molecule has 0 aliphatic heterocycles. The summed E-state index contributed by atoms with van der Waals surface area (Å²) in [6.07, 6.45) is 1.12. The molecule has 2 rings (SSSR count). The molecule has 22 heavy (non-hydrogen) atoms. The number of sulfonamides is 1. The lowest BCUT2D eigenvalue weighted by atomic mass is 10.1. The van der Waals surface area contributed by atoms with E-state index in [1.54, 1.807) is 24.3 Å². The van der Waals surface area contributed by atoms with Crippen molar-refractivity contribution in [2.75, 3.05) is 17.6 Å². The van der Waals surface area contributed by atoms with E-state index in [0.717, 1.165) is 16.1 Å². The molecule has 1 amide bonds. The average Bonchev–Trinajstić information content (AvgIpc) is 2.52. The van der Waals surface area contributed by atoms with Crippen molar-refractivity contribution in [2.45, 2.75) is 6.54 Å². The lowest BCUT2D eigenvalue weighted by molar-refractivity contribution is 0.0951. The standard InChI is InChI=1S/C16H18N2O3S/c1-18(22(2,20)21)15-10-6-9-14(11-15)16(19)17-12-13-7-4-3-5-8-13/h3-11H,12H2,1-2H3,(H,17,19). The van der Waals surface area contributed by atoms with E-state index in [4.69, 9.17) is 0 Å². The molecule has 0 fully saturated rings. The minimum absolute atomic E-state index is 0.243. The van der Waals surface area contributed by atoms with Crippen LogP contribution in [0, 0.1) is 0 Å². The van der Waals surface area contributed by atoms with E-state index in [-0.39, 0.29) is 5.91 Å². The fourth-order valence-electron chi connectivity index (χ4n) is 1.91. The van der Waals surface area contributed by atoms with E-state index in [0.29, 0.717) is 17.8 Å². The minimum atomic E-state index is -3.35. The fraction of sp³-hybridized carbons (Fsp3) is 0.188. The number of rotatable bonds is 5. The monoisotopic (exact) mass is 318 g/mol. The summed E-state index contributed by atoms with van der Waals surface area (Å²) >= 11 is 0. The lowest BCUT2D eigenvalue weighted by Gasteiger charge is -2.17. The number of amides is 1. The quantitative estimate of drug-likeness (QED) is 0.917. The van der Waals surface area contributed by atoms with Gasteiger partial charge in [-0.25, -0.2) is 8.42 Å². The number of carbonyl (C=O) groups is 1. The van der Waals surface area contributed by atoms with E-state index in [9.17, 15) is 13.2 Å². The fourth-order valence-corrected chi connectivity index (χ4v) is 2.41. The van der Waals surface area contributed by atoms with Crippen LogP contribution >= 0.6 is 0 Å². The van der Waals surface area contributed by atoms with E-state index in [1.165, 1.54) is 7.05 Å². The molecule has 0 atom stereocenters. The second-order valence-corrected chi connectivity index (χ2v) is 6.96. The number of carbonyl (C=O) groups excluding carboxylic acids is 1. The zero-order valence-corrected chi connectivity index (χ0v) is 13.3. The van der Waals surface area contributed by atoms with Crippen LogP contribution in [0.15, 0.2) is 54.6 Å². The van der Waals surface area contributed by atoms with Crippen molar-refractivity contribution in [3.05, 3.63) is 65.7 Å². The van der Waals surface area contributed by atoms with E-state index < -0.39 is 10.0 Å². The summed E-state index contributed by atoms with van der Waals surface area (Å²) in [6, 6.07) is 16.1. The highest BCUT2D eigenvalue weighted by Gasteiger charge is 2.14. The van der Waals surface area contributed by atoms with Gasteiger partial charge in [0.25, 0.3) is 5.91 Å². The van der Waals surface area contributed by atoms with Crippen LogP contribution in [0.1, 0.15) is 15.9 Å². The van der Waals surface area contributed by atoms with E-state index in [2.05, 4.69) is 5.32 Å². The molecule has 0 aliphatic rings. The Morgan fingerprint density at radius 1 is 1.09 bits per heavy atom. The lowest BCUT2D eigenvalue weighted by Crippen LogP contribution is -2.26. The van der Waals surface area contributed by atoms with Gasteiger partial charge in [0.05, 0.1) is 11.9 Å². The largest absolute Gasteiger partial charge is 0.348 e. The van der Waals surface area contributed by atoms with Gasteiger partial charge in [0, 0.05) is 19.2 Å². The Labute approximate surface area is 130 Å². The van der Waals surface area contributed by atoms with Crippen LogP contribution < -0.4 is 9.62 Å². The minimum Gasteiger partial charge on any atom is -0.348 e. The first-order valence-corrected chi connectivity index (χ1v) is 8.59. The van der Waals surface area contributed by atoms with Gasteiger partial charge in [-0.2, -0.15) is 0 Å². The molecule has 2 aromatic rings. The molecule has 5 nitrogen and oxygen atoms in total. The maximum atomic E-state index is 12.2. The van der Waals surface area contributed by atoms with E-state index >= 15 is 0 Å². The molecular weight excluding hydrogens is 300 g/mol. The van der Waals surface area contributed by atoms with Crippen LogP contribution in [-0.2, 0) is 16.6 Å². The van der Waals surface area contributed by atoms with Crippen molar-refractivity contribution in [2.24, 2.45) is 0 Å². The summed E-state index contributed by atoms with van der Waals surface area (Å²) in [5.41, 5.74) is 1.87. The molecule has 0 aromatic heterocycles. The summed E-state index contributed by atoms with van der Waals surface area (Å²) in [6.45, 7) is 0.422. The van der Waals surface area contributed by atoms with Crippen molar-refractivity contribution in [3.8, 4) is 0 Å². The third-order valence-corrected chi connectivity index (χ3v) is 4.47. The number of nitrogens with zero attached hydrogens (tertiary/aromatic N) is 1. The first-order chi connectivity index (χ1) is 10.4. The summed E-state index contributed by atoms with van der Waals surface area (Å²) in [5.74, 6) is -0.243. The topological polar surface area (TPSA) is 66.5 Å². The molecule has 0 spiro atoms. The summed E-state index contributed by atoms with van der Waals surface area (Å²) in [4.78, 5) is 12.2. The van der Waals surface area contributed by atoms with Gasteiger partial charge in [0.15, 0.2) is 0 Å². The molecule has 0 bridgehead atoms. The van der Waals surface area contributed by atoms with Gasteiger partial charge in [0.1, 0.15) is 0 Å². The van der Waals surface area contributed by atoms with Gasteiger partial charge < -0.3 is 5.32 Å². The summed E-state index contributed by atoms with van der Waals surface area (Å²) in [5, 5.41) is 2.81. The maximum absolute atomic E-state index is 12.2. The van der Waals surface area contributed by atoms with Gasteiger partial charge in [-0.05, 0) is 23.8 Å². The van der Waals surface area contributed by atoms with Crippen LogP contribution in [0.3, 0.4) is 0 Å². The molecule has 0 unspecified atom stereocenters. The molecule has 1 N–H and O–H groups in total. The third-order valence-electron chi connectivity index (χ3n) is 3.27. The third kappa shape index (κ3) is 4.08. The van der Waals surface area contributed by atoms with Crippen LogP contribution in [0.2, 0.25) is 0 Å². The molecule has 0 radical (unpaired) electrons. The van der Waals surface area contributed by atoms with Crippen molar-refractivity contribution >= 4 is 21.6 Å². The van der Waals surface area contributed by atoms with Crippen molar-refractivity contribution in [1.82, 2.24) is 5.32 Å². The first-order valence-electron chi connectivity index (χ1n) is 6.74.